The first-order chi connectivity index (χ1) is 9.19. The van der Waals surface area contributed by atoms with Gasteiger partial charge in [-0.15, -0.1) is 0 Å². The molecule has 0 atom stereocenters. The van der Waals surface area contributed by atoms with Crippen molar-refractivity contribution in [1.82, 2.24) is 5.32 Å². The van der Waals surface area contributed by atoms with Crippen molar-refractivity contribution in [3.63, 3.8) is 0 Å². The Labute approximate surface area is 116 Å². The highest BCUT2D eigenvalue weighted by atomic mass is 16.1. The fraction of sp³-hybridized carbons (Fsp3) is 0.812. The van der Waals surface area contributed by atoms with Crippen molar-refractivity contribution in [3.05, 3.63) is 12.2 Å². The van der Waals surface area contributed by atoms with E-state index in [0.29, 0.717) is 18.5 Å². The molecule has 4 rings (SSSR count). The molecule has 0 spiro atoms. The summed E-state index contributed by atoms with van der Waals surface area (Å²) in [5.41, 5.74) is 5.74. The first-order valence-electron chi connectivity index (χ1n) is 7.81. The van der Waals surface area contributed by atoms with Crippen LogP contribution in [0.2, 0.25) is 0 Å². The molecule has 4 bridgehead atoms. The van der Waals surface area contributed by atoms with Crippen molar-refractivity contribution in [1.29, 1.82) is 0 Å². The molecule has 3 N–H and O–H groups in total. The number of carbonyl (C=O) groups excluding carboxylic acids is 1. The van der Waals surface area contributed by atoms with Crippen LogP contribution in [0.15, 0.2) is 12.2 Å². The van der Waals surface area contributed by atoms with Crippen molar-refractivity contribution in [3.8, 4) is 0 Å². The van der Waals surface area contributed by atoms with E-state index in [-0.39, 0.29) is 5.91 Å². The first kappa shape index (κ1) is 13.2. The van der Waals surface area contributed by atoms with Gasteiger partial charge in [-0.25, -0.2) is 0 Å². The topological polar surface area (TPSA) is 55.1 Å². The lowest BCUT2D eigenvalue weighted by Crippen LogP contribution is -2.48. The normalized spacial score (nSPS) is 39.9. The standard InChI is InChI=1S/C16H26N2O/c17-3-1-2-4-18-15(19)11-16-8-12-5-13(9-16)7-14(6-12)10-16/h1-2,12-14H,3-11,17H2,(H,18,19)/b2-1+. The zero-order chi connectivity index (χ0) is 13.3. The number of nitrogens with two attached hydrogens (primary N) is 1. The first-order valence-corrected chi connectivity index (χ1v) is 7.81. The number of carbonyl (C=O) groups is 1. The molecule has 0 aromatic heterocycles. The van der Waals surface area contributed by atoms with Crippen LogP contribution in [0.3, 0.4) is 0 Å². The third-order valence-electron chi connectivity index (χ3n) is 5.42. The van der Waals surface area contributed by atoms with E-state index >= 15 is 0 Å². The molecule has 3 heteroatoms. The molecular formula is C16H26N2O. The van der Waals surface area contributed by atoms with Gasteiger partial charge in [-0.05, 0) is 61.7 Å². The molecule has 4 aliphatic carbocycles. The molecule has 0 aromatic carbocycles. The summed E-state index contributed by atoms with van der Waals surface area (Å²) < 4.78 is 0. The minimum atomic E-state index is 0.239. The second-order valence-electron chi connectivity index (χ2n) is 7.11. The zero-order valence-corrected chi connectivity index (χ0v) is 11.7. The molecule has 0 aliphatic heterocycles. The predicted octanol–water partition coefficient (Wildman–Crippen LogP) is 2.22. The van der Waals surface area contributed by atoms with Crippen LogP contribution in [0, 0.1) is 23.2 Å². The summed E-state index contributed by atoms with van der Waals surface area (Å²) in [6.45, 7) is 1.17. The number of hydrogen-bond acceptors (Lipinski definition) is 2. The Hall–Kier alpha value is -0.830. The summed E-state index contributed by atoms with van der Waals surface area (Å²) in [4.78, 5) is 12.1. The van der Waals surface area contributed by atoms with E-state index in [9.17, 15) is 4.79 Å². The van der Waals surface area contributed by atoms with Crippen molar-refractivity contribution < 1.29 is 4.79 Å². The fourth-order valence-corrected chi connectivity index (χ4v) is 5.26. The molecule has 4 aliphatic rings. The van der Waals surface area contributed by atoms with Crippen LogP contribution >= 0.6 is 0 Å². The quantitative estimate of drug-likeness (QED) is 0.746. The van der Waals surface area contributed by atoms with Crippen LogP contribution in [-0.2, 0) is 4.79 Å². The molecule has 4 saturated carbocycles. The van der Waals surface area contributed by atoms with Gasteiger partial charge < -0.3 is 11.1 Å². The molecule has 3 nitrogen and oxygen atoms in total. The fourth-order valence-electron chi connectivity index (χ4n) is 5.26. The largest absolute Gasteiger partial charge is 0.353 e. The molecule has 0 radical (unpaired) electrons. The van der Waals surface area contributed by atoms with Crippen molar-refractivity contribution in [2.24, 2.45) is 28.9 Å². The summed E-state index contributed by atoms with van der Waals surface area (Å²) in [6.07, 6.45) is 12.9. The van der Waals surface area contributed by atoms with E-state index in [1.54, 1.807) is 0 Å². The van der Waals surface area contributed by atoms with E-state index in [2.05, 4.69) is 5.32 Å². The van der Waals surface area contributed by atoms with Crippen molar-refractivity contribution >= 4 is 5.91 Å². The predicted molar refractivity (Wildman–Crippen MR) is 76.4 cm³/mol. The van der Waals surface area contributed by atoms with Gasteiger partial charge in [-0.2, -0.15) is 0 Å². The van der Waals surface area contributed by atoms with Gasteiger partial charge in [0.2, 0.25) is 5.91 Å². The lowest BCUT2D eigenvalue weighted by atomic mass is 9.49. The SMILES string of the molecule is NC/C=C/CNC(=O)CC12CC3CC(CC(C3)C1)C2. The smallest absolute Gasteiger partial charge is 0.220 e. The Kier molecular flexibility index (Phi) is 3.66. The highest BCUT2D eigenvalue weighted by molar-refractivity contribution is 5.76. The molecular weight excluding hydrogens is 236 g/mol. The Morgan fingerprint density at radius 1 is 1.11 bits per heavy atom. The highest BCUT2D eigenvalue weighted by Crippen LogP contribution is 2.61. The van der Waals surface area contributed by atoms with Crippen LogP contribution in [0.5, 0.6) is 0 Å². The summed E-state index contributed by atoms with van der Waals surface area (Å²) in [6, 6.07) is 0. The Morgan fingerprint density at radius 2 is 1.68 bits per heavy atom. The molecule has 1 amide bonds. The van der Waals surface area contributed by atoms with Gasteiger partial charge in [0.25, 0.3) is 0 Å². The molecule has 106 valence electrons. The lowest BCUT2D eigenvalue weighted by molar-refractivity contribution is -0.129. The molecule has 0 saturated heterocycles. The maximum Gasteiger partial charge on any atom is 0.220 e. The summed E-state index contributed by atoms with van der Waals surface area (Å²) in [7, 11) is 0. The van der Waals surface area contributed by atoms with Gasteiger partial charge in [-0.1, -0.05) is 12.2 Å². The second kappa shape index (κ2) is 5.28. The molecule has 4 fully saturated rings. The number of nitrogens with one attached hydrogen (secondary N) is 1. The second-order valence-corrected chi connectivity index (χ2v) is 7.11. The summed E-state index contributed by atoms with van der Waals surface area (Å²) >= 11 is 0. The third kappa shape index (κ3) is 2.86. The zero-order valence-electron chi connectivity index (χ0n) is 11.7. The van der Waals surface area contributed by atoms with Crippen LogP contribution in [0.1, 0.15) is 44.9 Å². The van der Waals surface area contributed by atoms with Gasteiger partial charge in [0.05, 0.1) is 0 Å². The average Bonchev–Trinajstić information content (AvgIpc) is 2.32. The maximum absolute atomic E-state index is 12.1. The van der Waals surface area contributed by atoms with E-state index in [4.69, 9.17) is 5.73 Å². The average molecular weight is 262 g/mol. The maximum atomic E-state index is 12.1. The summed E-state index contributed by atoms with van der Waals surface area (Å²) in [5.74, 6) is 3.02. The molecule has 0 aromatic rings. The van der Waals surface area contributed by atoms with E-state index in [1.165, 1.54) is 38.5 Å². The number of amides is 1. The van der Waals surface area contributed by atoms with E-state index < -0.39 is 0 Å². The van der Waals surface area contributed by atoms with Gasteiger partial charge in [0.15, 0.2) is 0 Å². The Balaban J connectivity index is 1.54. The van der Waals surface area contributed by atoms with Gasteiger partial charge >= 0.3 is 0 Å². The minimum Gasteiger partial charge on any atom is -0.353 e. The van der Waals surface area contributed by atoms with Crippen molar-refractivity contribution in [2.45, 2.75) is 44.9 Å². The Bertz CT molecular complexity index is 340. The summed E-state index contributed by atoms with van der Waals surface area (Å²) in [5, 5.41) is 3.01. The van der Waals surface area contributed by atoms with E-state index in [1.807, 2.05) is 12.2 Å². The van der Waals surface area contributed by atoms with Crippen LogP contribution in [-0.4, -0.2) is 19.0 Å². The van der Waals surface area contributed by atoms with E-state index in [0.717, 1.165) is 24.2 Å². The molecule has 0 unspecified atom stereocenters. The van der Waals surface area contributed by atoms with Gasteiger partial charge in [-0.3, -0.25) is 4.79 Å². The lowest BCUT2D eigenvalue weighted by Gasteiger charge is -2.56. The number of rotatable bonds is 5. The van der Waals surface area contributed by atoms with Crippen LogP contribution in [0.4, 0.5) is 0 Å². The van der Waals surface area contributed by atoms with Crippen LogP contribution < -0.4 is 11.1 Å². The van der Waals surface area contributed by atoms with Gasteiger partial charge in [0.1, 0.15) is 0 Å². The van der Waals surface area contributed by atoms with Crippen LogP contribution in [0.25, 0.3) is 0 Å². The third-order valence-corrected chi connectivity index (χ3v) is 5.42. The monoisotopic (exact) mass is 262 g/mol. The highest BCUT2D eigenvalue weighted by Gasteiger charge is 2.51. The number of hydrogen-bond donors (Lipinski definition) is 2. The molecule has 0 heterocycles. The van der Waals surface area contributed by atoms with Gasteiger partial charge in [0, 0.05) is 19.5 Å². The Morgan fingerprint density at radius 3 is 2.21 bits per heavy atom. The minimum absolute atomic E-state index is 0.239. The van der Waals surface area contributed by atoms with Crippen molar-refractivity contribution in [2.75, 3.05) is 13.1 Å². The molecule has 19 heavy (non-hydrogen) atoms.